The van der Waals surface area contributed by atoms with Crippen molar-refractivity contribution in [2.24, 2.45) is 11.3 Å². The molecule has 0 saturated heterocycles. The maximum atomic E-state index is 12.4. The molecule has 4 rings (SSSR count). The zero-order valence-electron chi connectivity index (χ0n) is 17.5. The molecule has 2 amide bonds. The van der Waals surface area contributed by atoms with Crippen molar-refractivity contribution in [1.29, 1.82) is 0 Å². The molecule has 0 radical (unpaired) electrons. The third-order valence-electron chi connectivity index (χ3n) is 5.95. The van der Waals surface area contributed by atoms with Crippen molar-refractivity contribution in [3.63, 3.8) is 0 Å². The number of hydrogen-bond donors (Lipinski definition) is 3. The highest BCUT2D eigenvalue weighted by atomic mass is 16.5. The normalized spacial score (nSPS) is 19.6. The zero-order valence-corrected chi connectivity index (χ0v) is 17.5. The molecule has 2 unspecified atom stereocenters. The number of hydrogen-bond acceptors (Lipinski definition) is 5. The van der Waals surface area contributed by atoms with Gasteiger partial charge < -0.3 is 10.1 Å². The molecular weight excluding hydrogens is 394 g/mol. The van der Waals surface area contributed by atoms with Crippen molar-refractivity contribution >= 4 is 22.7 Å². The van der Waals surface area contributed by atoms with Crippen LogP contribution < -0.4 is 15.5 Å². The van der Waals surface area contributed by atoms with Gasteiger partial charge in [0.25, 0.3) is 0 Å². The van der Waals surface area contributed by atoms with Crippen LogP contribution in [0.2, 0.25) is 0 Å². The molecule has 31 heavy (non-hydrogen) atoms. The van der Waals surface area contributed by atoms with Crippen LogP contribution in [-0.4, -0.2) is 29.1 Å². The van der Waals surface area contributed by atoms with Crippen molar-refractivity contribution < 1.29 is 19.5 Å². The van der Waals surface area contributed by atoms with E-state index in [-0.39, 0.29) is 5.91 Å². The third-order valence-corrected chi connectivity index (χ3v) is 5.95. The maximum absolute atomic E-state index is 12.4. The lowest BCUT2D eigenvalue weighted by molar-refractivity contribution is -0.135. The molecule has 7 nitrogen and oxygen atoms in total. The minimum atomic E-state index is -0.822. The highest BCUT2D eigenvalue weighted by molar-refractivity contribution is 5.95. The summed E-state index contributed by atoms with van der Waals surface area (Å²) < 4.78 is 6.00. The van der Waals surface area contributed by atoms with Crippen LogP contribution >= 0.6 is 0 Å². The number of benzene rings is 2. The number of ether oxygens (including phenoxy) is 1. The van der Waals surface area contributed by atoms with Crippen molar-refractivity contribution in [2.45, 2.75) is 26.4 Å². The molecule has 1 aromatic heterocycles. The molecule has 1 aliphatic carbocycles. The summed E-state index contributed by atoms with van der Waals surface area (Å²) in [6.45, 7) is 2.39. The van der Waals surface area contributed by atoms with Crippen LogP contribution in [0.3, 0.4) is 0 Å². The molecule has 2 atom stereocenters. The second-order valence-corrected chi connectivity index (χ2v) is 8.02. The summed E-state index contributed by atoms with van der Waals surface area (Å²) in [6.07, 6.45) is 0.824. The van der Waals surface area contributed by atoms with E-state index in [1.54, 1.807) is 12.5 Å². The van der Waals surface area contributed by atoms with E-state index in [4.69, 9.17) is 9.94 Å². The number of hydroxylamine groups is 1. The van der Waals surface area contributed by atoms with Gasteiger partial charge >= 0.3 is 0 Å². The molecule has 0 spiro atoms. The smallest absolute Gasteiger partial charge is 0.247 e. The van der Waals surface area contributed by atoms with Crippen LogP contribution in [0.1, 0.15) is 23.2 Å². The first kappa shape index (κ1) is 20.8. The van der Waals surface area contributed by atoms with Crippen molar-refractivity contribution in [3.8, 4) is 5.75 Å². The van der Waals surface area contributed by atoms with Gasteiger partial charge in [0.15, 0.2) is 0 Å². The lowest BCUT2D eigenvalue weighted by Gasteiger charge is -2.16. The van der Waals surface area contributed by atoms with Crippen LogP contribution in [0.4, 0.5) is 0 Å². The Labute approximate surface area is 180 Å². The van der Waals surface area contributed by atoms with Crippen LogP contribution in [-0.2, 0) is 22.6 Å². The molecule has 1 fully saturated rings. The monoisotopic (exact) mass is 419 g/mol. The number of amides is 2. The summed E-state index contributed by atoms with van der Waals surface area (Å²) in [5, 5.41) is 12.6. The van der Waals surface area contributed by atoms with Gasteiger partial charge in [0.2, 0.25) is 11.8 Å². The van der Waals surface area contributed by atoms with E-state index in [2.05, 4.69) is 10.3 Å². The van der Waals surface area contributed by atoms with Gasteiger partial charge in [-0.3, -0.25) is 19.8 Å². The summed E-state index contributed by atoms with van der Waals surface area (Å²) in [5.74, 6) is -0.530. The Morgan fingerprint density at radius 2 is 1.94 bits per heavy atom. The van der Waals surface area contributed by atoms with E-state index in [1.807, 2.05) is 61.5 Å². The zero-order chi connectivity index (χ0) is 22.0. The molecule has 2 aromatic carbocycles. The van der Waals surface area contributed by atoms with Crippen LogP contribution in [0.5, 0.6) is 5.75 Å². The minimum absolute atomic E-state index is 0.193. The fourth-order valence-electron chi connectivity index (χ4n) is 4.25. The van der Waals surface area contributed by atoms with E-state index >= 15 is 0 Å². The summed E-state index contributed by atoms with van der Waals surface area (Å²) in [6, 6.07) is 17.6. The molecular formula is C24H25N3O4. The fraction of sp³-hybridized carbons (Fsp3) is 0.292. The maximum Gasteiger partial charge on any atom is 0.247 e. The molecule has 0 bridgehead atoms. The molecule has 160 valence electrons. The Morgan fingerprint density at radius 3 is 2.65 bits per heavy atom. The van der Waals surface area contributed by atoms with Gasteiger partial charge in [-0.1, -0.05) is 30.3 Å². The molecule has 1 aliphatic rings. The Kier molecular flexibility index (Phi) is 5.61. The molecule has 7 heteroatoms. The highest BCUT2D eigenvalue weighted by Gasteiger charge is 2.62. The summed E-state index contributed by atoms with van der Waals surface area (Å²) in [5.41, 5.74) is 4.72. The van der Waals surface area contributed by atoms with Crippen LogP contribution in [0, 0.1) is 18.3 Å². The van der Waals surface area contributed by atoms with Crippen LogP contribution in [0.25, 0.3) is 10.9 Å². The molecule has 3 aromatic rings. The number of carbonyl (C=O) groups excluding carboxylic acids is 2. The van der Waals surface area contributed by atoms with Crippen molar-refractivity contribution in [3.05, 3.63) is 71.4 Å². The largest absolute Gasteiger partial charge is 0.489 e. The van der Waals surface area contributed by atoms with E-state index in [9.17, 15) is 9.59 Å². The van der Waals surface area contributed by atoms with E-state index in [0.717, 1.165) is 33.5 Å². The molecule has 3 N–H and O–H groups in total. The highest BCUT2D eigenvalue weighted by Crippen LogP contribution is 2.55. The quantitative estimate of drug-likeness (QED) is 0.404. The Morgan fingerprint density at radius 1 is 1.19 bits per heavy atom. The molecule has 1 saturated carbocycles. The predicted molar refractivity (Wildman–Crippen MR) is 115 cm³/mol. The second-order valence-electron chi connectivity index (χ2n) is 8.02. The van der Waals surface area contributed by atoms with Gasteiger partial charge in [0.1, 0.15) is 12.4 Å². The first-order valence-electron chi connectivity index (χ1n) is 10.2. The first-order chi connectivity index (χ1) is 15.0. The van der Waals surface area contributed by atoms with Gasteiger partial charge in [0, 0.05) is 23.7 Å². The number of fused-ring (bicyclic) bond motifs is 1. The standard InChI is InChI=1S/C24H25N3O4/c1-15-11-17(19-5-3-4-6-21(19)26-15)14-31-18-9-7-16(8-10-18)12-24(23(29)25-2)13-20(24)22(28)27-30/h3-11,20,30H,12-14H2,1-2H3,(H,25,29)(H,27,28). The van der Waals surface area contributed by atoms with Gasteiger partial charge in [-0.25, -0.2) is 5.48 Å². The first-order valence-corrected chi connectivity index (χ1v) is 10.2. The SMILES string of the molecule is CNC(=O)C1(Cc2ccc(OCc3cc(C)nc4ccccc34)cc2)CC1C(=O)NO. The molecule has 1 heterocycles. The Bertz CT molecular complexity index is 1130. The number of aryl methyl sites for hydroxylation is 1. The van der Waals surface area contributed by atoms with E-state index < -0.39 is 17.2 Å². The predicted octanol–water partition coefficient (Wildman–Crippen LogP) is 2.92. The number of nitrogens with one attached hydrogen (secondary N) is 2. The fourth-order valence-corrected chi connectivity index (χ4v) is 4.25. The van der Waals surface area contributed by atoms with Gasteiger partial charge in [-0.05, 0) is 49.6 Å². The van der Waals surface area contributed by atoms with Crippen molar-refractivity contribution in [1.82, 2.24) is 15.8 Å². The summed E-state index contributed by atoms with van der Waals surface area (Å²) >= 11 is 0. The summed E-state index contributed by atoms with van der Waals surface area (Å²) in [7, 11) is 1.55. The number of pyridine rings is 1. The second kappa shape index (κ2) is 8.35. The minimum Gasteiger partial charge on any atom is -0.489 e. The number of carbonyl (C=O) groups is 2. The Hall–Kier alpha value is -3.45. The van der Waals surface area contributed by atoms with Crippen molar-refractivity contribution in [2.75, 3.05) is 7.05 Å². The number of nitrogens with zero attached hydrogens (tertiary/aromatic N) is 1. The lowest BCUT2D eigenvalue weighted by atomic mass is 9.92. The number of para-hydroxylation sites is 1. The molecule has 0 aliphatic heterocycles. The van der Waals surface area contributed by atoms with Gasteiger partial charge in [-0.15, -0.1) is 0 Å². The summed E-state index contributed by atoms with van der Waals surface area (Å²) in [4.78, 5) is 28.8. The van der Waals surface area contributed by atoms with Crippen LogP contribution in [0.15, 0.2) is 54.6 Å². The number of rotatable bonds is 7. The topological polar surface area (TPSA) is 101 Å². The Balaban J connectivity index is 1.46. The average Bonchev–Trinajstić information content (AvgIpc) is 3.52. The number of aromatic nitrogens is 1. The van der Waals surface area contributed by atoms with E-state index in [0.29, 0.717) is 19.4 Å². The third kappa shape index (κ3) is 4.09. The van der Waals surface area contributed by atoms with Gasteiger partial charge in [-0.2, -0.15) is 0 Å². The van der Waals surface area contributed by atoms with Gasteiger partial charge in [0.05, 0.1) is 16.8 Å². The lowest BCUT2D eigenvalue weighted by Crippen LogP contribution is -2.35. The average molecular weight is 419 g/mol. The van der Waals surface area contributed by atoms with E-state index in [1.165, 1.54) is 0 Å².